The molecule has 192 valence electrons. The second-order valence-corrected chi connectivity index (χ2v) is 8.61. The van der Waals surface area contributed by atoms with Crippen LogP contribution in [0.4, 0.5) is 21.9 Å². The Hall–Kier alpha value is -4.74. The number of hydrogen-bond acceptors (Lipinski definition) is 7. The van der Waals surface area contributed by atoms with Crippen molar-refractivity contribution >= 4 is 70.1 Å². The van der Waals surface area contributed by atoms with Crippen LogP contribution in [0, 0.1) is 10.1 Å². The molecular formula is C25H16Cl2N4O7. The summed E-state index contributed by atoms with van der Waals surface area (Å²) in [6.07, 6.45) is 1.21. The maximum atomic E-state index is 13.0. The topological polar surface area (TPSA) is 148 Å². The summed E-state index contributed by atoms with van der Waals surface area (Å²) in [5.74, 6) is -2.19. The van der Waals surface area contributed by atoms with Crippen LogP contribution in [0.25, 0.3) is 6.08 Å². The van der Waals surface area contributed by atoms with Crippen LogP contribution in [-0.2, 0) is 14.4 Å². The van der Waals surface area contributed by atoms with Crippen molar-refractivity contribution in [3.63, 3.8) is 0 Å². The number of rotatable bonds is 7. The van der Waals surface area contributed by atoms with Gasteiger partial charge in [0.2, 0.25) is 0 Å². The molecule has 2 N–H and O–H groups in total. The summed E-state index contributed by atoms with van der Waals surface area (Å²) in [6.45, 7) is -0.343. The van der Waals surface area contributed by atoms with Crippen LogP contribution < -0.4 is 20.3 Å². The number of anilines is 2. The lowest BCUT2D eigenvalue weighted by Crippen LogP contribution is -2.54. The molecule has 0 saturated carbocycles. The molecular weight excluding hydrogens is 539 g/mol. The Bertz CT molecular complexity index is 1510. The molecule has 4 rings (SSSR count). The maximum Gasteiger partial charge on any atom is 0.335 e. The Kier molecular flexibility index (Phi) is 7.70. The number of imide groups is 2. The van der Waals surface area contributed by atoms with Crippen LogP contribution >= 0.6 is 23.2 Å². The Morgan fingerprint density at radius 2 is 1.79 bits per heavy atom. The molecule has 0 bridgehead atoms. The van der Waals surface area contributed by atoms with Crippen LogP contribution in [0.1, 0.15) is 5.56 Å². The van der Waals surface area contributed by atoms with E-state index in [9.17, 15) is 29.3 Å². The van der Waals surface area contributed by atoms with E-state index in [1.807, 2.05) is 5.32 Å². The first kappa shape index (κ1) is 26.3. The second-order valence-electron chi connectivity index (χ2n) is 7.77. The van der Waals surface area contributed by atoms with E-state index < -0.39 is 34.2 Å². The third-order valence-electron chi connectivity index (χ3n) is 5.15. The van der Waals surface area contributed by atoms with E-state index in [1.165, 1.54) is 42.5 Å². The molecule has 0 atom stereocenters. The molecule has 1 heterocycles. The minimum Gasteiger partial charge on any atom is -0.482 e. The van der Waals surface area contributed by atoms with E-state index in [-0.39, 0.29) is 28.8 Å². The van der Waals surface area contributed by atoms with Gasteiger partial charge in [-0.1, -0.05) is 35.3 Å². The van der Waals surface area contributed by atoms with Crippen LogP contribution in [0.3, 0.4) is 0 Å². The smallest absolute Gasteiger partial charge is 0.335 e. The predicted octanol–water partition coefficient (Wildman–Crippen LogP) is 4.59. The lowest BCUT2D eigenvalue weighted by atomic mass is 10.1. The summed E-state index contributed by atoms with van der Waals surface area (Å²) in [7, 11) is 0. The largest absolute Gasteiger partial charge is 0.482 e. The Morgan fingerprint density at radius 3 is 2.47 bits per heavy atom. The van der Waals surface area contributed by atoms with Gasteiger partial charge in [-0.3, -0.25) is 29.8 Å². The molecule has 0 unspecified atom stereocenters. The van der Waals surface area contributed by atoms with E-state index in [1.54, 1.807) is 24.3 Å². The minimum atomic E-state index is -1.05. The SMILES string of the molecule is O=C(COc1ccc(/C=C2\C(=O)NC(=O)N(c3cccc([N+](=O)[O-])c3)C2=O)cc1Cl)Nc1ccc(Cl)cc1. The summed E-state index contributed by atoms with van der Waals surface area (Å²) >= 11 is 12.1. The van der Waals surface area contributed by atoms with Gasteiger partial charge in [0.25, 0.3) is 23.4 Å². The zero-order valence-electron chi connectivity index (χ0n) is 19.1. The Morgan fingerprint density at radius 1 is 1.05 bits per heavy atom. The van der Waals surface area contributed by atoms with Gasteiger partial charge < -0.3 is 10.1 Å². The van der Waals surface area contributed by atoms with Crippen molar-refractivity contribution < 1.29 is 28.8 Å². The van der Waals surface area contributed by atoms with Gasteiger partial charge >= 0.3 is 6.03 Å². The average Bonchev–Trinajstić information content (AvgIpc) is 2.87. The van der Waals surface area contributed by atoms with Crippen molar-refractivity contribution in [2.45, 2.75) is 0 Å². The molecule has 3 aromatic carbocycles. The second kappa shape index (κ2) is 11.1. The standard InChI is InChI=1S/C25H16Cl2N4O7/c26-15-5-7-16(8-6-15)28-22(32)13-38-21-9-4-14(11-20(21)27)10-19-23(33)29-25(35)30(24(19)34)17-2-1-3-18(12-17)31(36)37/h1-12H,13H2,(H,28,32)(H,29,33,35)/b19-10+. The summed E-state index contributed by atoms with van der Waals surface area (Å²) in [5, 5.41) is 16.4. The zero-order chi connectivity index (χ0) is 27.4. The number of ether oxygens (including phenoxy) is 1. The number of nitrogens with zero attached hydrogens (tertiary/aromatic N) is 2. The van der Waals surface area contributed by atoms with E-state index in [2.05, 4.69) is 5.32 Å². The third kappa shape index (κ3) is 5.97. The van der Waals surface area contributed by atoms with Crippen molar-refractivity contribution in [2.24, 2.45) is 0 Å². The molecule has 3 aromatic rings. The summed E-state index contributed by atoms with van der Waals surface area (Å²) in [4.78, 5) is 61.0. The van der Waals surface area contributed by atoms with E-state index in [0.717, 1.165) is 6.07 Å². The highest BCUT2D eigenvalue weighted by Gasteiger charge is 2.37. The van der Waals surface area contributed by atoms with Crippen LogP contribution in [0.15, 0.2) is 72.3 Å². The van der Waals surface area contributed by atoms with Gasteiger partial charge in [0.15, 0.2) is 6.61 Å². The number of nitro groups is 1. The van der Waals surface area contributed by atoms with E-state index in [0.29, 0.717) is 21.2 Å². The summed E-state index contributed by atoms with van der Waals surface area (Å²) in [6, 6.07) is 14.7. The average molecular weight is 555 g/mol. The van der Waals surface area contributed by atoms with E-state index in [4.69, 9.17) is 27.9 Å². The fourth-order valence-electron chi connectivity index (χ4n) is 3.40. The highest BCUT2D eigenvalue weighted by atomic mass is 35.5. The van der Waals surface area contributed by atoms with Crippen molar-refractivity contribution in [1.29, 1.82) is 0 Å². The number of carbonyl (C=O) groups excluding carboxylic acids is 4. The fourth-order valence-corrected chi connectivity index (χ4v) is 3.77. The molecule has 1 fully saturated rings. The molecule has 5 amide bonds. The summed E-state index contributed by atoms with van der Waals surface area (Å²) in [5.41, 5.74) is 0.0284. The molecule has 1 saturated heterocycles. The van der Waals surface area contributed by atoms with Crippen LogP contribution in [-0.4, -0.2) is 35.3 Å². The van der Waals surface area contributed by atoms with Crippen molar-refractivity contribution in [3.8, 4) is 5.75 Å². The van der Waals surface area contributed by atoms with Gasteiger partial charge in [-0.2, -0.15) is 0 Å². The first-order chi connectivity index (χ1) is 18.1. The van der Waals surface area contributed by atoms with Crippen molar-refractivity contribution in [2.75, 3.05) is 16.8 Å². The first-order valence-electron chi connectivity index (χ1n) is 10.8. The number of barbiturate groups is 1. The number of benzene rings is 3. The lowest BCUT2D eigenvalue weighted by molar-refractivity contribution is -0.384. The molecule has 11 nitrogen and oxygen atoms in total. The number of amides is 5. The number of nitrogens with one attached hydrogen (secondary N) is 2. The Labute approximate surface area is 224 Å². The highest BCUT2D eigenvalue weighted by Crippen LogP contribution is 2.29. The monoisotopic (exact) mass is 554 g/mol. The number of hydrogen-bond donors (Lipinski definition) is 2. The van der Waals surface area contributed by atoms with Gasteiger partial charge in [-0.15, -0.1) is 0 Å². The van der Waals surface area contributed by atoms with Crippen molar-refractivity contribution in [3.05, 3.63) is 98.0 Å². The molecule has 1 aliphatic heterocycles. The molecule has 0 radical (unpaired) electrons. The van der Waals surface area contributed by atoms with Crippen LogP contribution in [0.5, 0.6) is 5.75 Å². The molecule has 0 aliphatic carbocycles. The number of carbonyl (C=O) groups is 4. The third-order valence-corrected chi connectivity index (χ3v) is 5.70. The number of halogens is 2. The van der Waals surface area contributed by atoms with Gasteiger partial charge in [-0.05, 0) is 54.1 Å². The maximum absolute atomic E-state index is 13.0. The fraction of sp³-hybridized carbons (Fsp3) is 0.0400. The quantitative estimate of drug-likeness (QED) is 0.188. The van der Waals surface area contributed by atoms with Gasteiger partial charge in [-0.25, -0.2) is 9.69 Å². The highest BCUT2D eigenvalue weighted by molar-refractivity contribution is 6.39. The molecule has 13 heteroatoms. The first-order valence-corrected chi connectivity index (χ1v) is 11.5. The van der Waals surface area contributed by atoms with E-state index >= 15 is 0 Å². The van der Waals surface area contributed by atoms with Gasteiger partial charge in [0.05, 0.1) is 15.6 Å². The minimum absolute atomic E-state index is 0.0845. The zero-order valence-corrected chi connectivity index (χ0v) is 20.7. The molecule has 1 aliphatic rings. The van der Waals surface area contributed by atoms with Gasteiger partial charge in [0.1, 0.15) is 11.3 Å². The number of urea groups is 1. The van der Waals surface area contributed by atoms with Crippen LogP contribution in [0.2, 0.25) is 10.0 Å². The Balaban J connectivity index is 1.49. The molecule has 0 spiro atoms. The number of non-ortho nitro benzene ring substituents is 1. The van der Waals surface area contributed by atoms with Crippen molar-refractivity contribution in [1.82, 2.24) is 5.32 Å². The molecule has 0 aromatic heterocycles. The number of nitro benzene ring substituents is 1. The summed E-state index contributed by atoms with van der Waals surface area (Å²) < 4.78 is 5.46. The lowest BCUT2D eigenvalue weighted by Gasteiger charge is -2.26. The molecule has 38 heavy (non-hydrogen) atoms. The predicted molar refractivity (Wildman–Crippen MR) is 139 cm³/mol. The van der Waals surface area contributed by atoms with Gasteiger partial charge in [0, 0.05) is 22.8 Å². The normalized spacial score (nSPS) is 14.3.